The number of nitrogens with one attached hydrogen (secondary N) is 1. The predicted octanol–water partition coefficient (Wildman–Crippen LogP) is 3.06. The van der Waals surface area contributed by atoms with Crippen LogP contribution in [0.4, 0.5) is 13.2 Å². The van der Waals surface area contributed by atoms with Crippen molar-refractivity contribution in [1.29, 1.82) is 0 Å². The van der Waals surface area contributed by atoms with Crippen molar-refractivity contribution in [3.8, 4) is 11.5 Å². The fraction of sp³-hybridized carbons (Fsp3) is 0.538. The van der Waals surface area contributed by atoms with Crippen LogP contribution in [0.3, 0.4) is 0 Å². The lowest BCUT2D eigenvalue weighted by Gasteiger charge is -2.22. The van der Waals surface area contributed by atoms with Crippen LogP contribution in [0.1, 0.15) is 24.9 Å². The van der Waals surface area contributed by atoms with E-state index in [1.807, 2.05) is 0 Å². The Morgan fingerprint density at radius 3 is 2.53 bits per heavy atom. The van der Waals surface area contributed by atoms with Gasteiger partial charge < -0.3 is 14.8 Å². The molecule has 1 heterocycles. The Hall–Kier alpha value is -1.43. The van der Waals surface area contributed by atoms with Crippen molar-refractivity contribution in [3.05, 3.63) is 23.8 Å². The molecule has 0 fully saturated rings. The Bertz CT molecular complexity index is 434. The maximum absolute atomic E-state index is 13.0. The van der Waals surface area contributed by atoms with E-state index in [2.05, 4.69) is 5.32 Å². The summed E-state index contributed by atoms with van der Waals surface area (Å²) in [7, 11) is 0. The first-order chi connectivity index (χ1) is 9.02. The molecule has 1 N–H and O–H groups in total. The summed E-state index contributed by atoms with van der Waals surface area (Å²) in [6.07, 6.45) is -3.62. The van der Waals surface area contributed by atoms with Gasteiger partial charge in [-0.05, 0) is 24.2 Å². The molecule has 106 valence electrons. The summed E-state index contributed by atoms with van der Waals surface area (Å²) in [6.45, 7) is 2.84. The molecule has 3 nitrogen and oxygen atoms in total. The summed E-state index contributed by atoms with van der Waals surface area (Å²) in [5, 5.41) is 2.44. The van der Waals surface area contributed by atoms with Gasteiger partial charge in [0.1, 0.15) is 6.04 Å². The number of rotatable bonds is 3. The van der Waals surface area contributed by atoms with E-state index in [-0.39, 0.29) is 12.1 Å². The standard InChI is InChI=1S/C13H16F3NO2/c1-2-17-12(13(14,15)16)9-4-5-10-11(8-9)19-7-3-6-18-10/h4-5,8,12,17H,2-3,6-7H2,1H3. The molecule has 1 unspecified atom stereocenters. The molecule has 0 spiro atoms. The van der Waals surface area contributed by atoms with E-state index >= 15 is 0 Å². The lowest BCUT2D eigenvalue weighted by atomic mass is 10.1. The van der Waals surface area contributed by atoms with Crippen LogP contribution in [-0.2, 0) is 0 Å². The Morgan fingerprint density at radius 1 is 1.21 bits per heavy atom. The van der Waals surface area contributed by atoms with Crippen LogP contribution in [0.2, 0.25) is 0 Å². The van der Waals surface area contributed by atoms with Crippen LogP contribution in [0.5, 0.6) is 11.5 Å². The van der Waals surface area contributed by atoms with Crippen molar-refractivity contribution >= 4 is 0 Å². The zero-order valence-corrected chi connectivity index (χ0v) is 10.6. The second-order valence-electron chi connectivity index (χ2n) is 4.29. The molecule has 0 aromatic heterocycles. The molecular formula is C13H16F3NO2. The molecule has 1 aliphatic rings. The Labute approximate surface area is 109 Å². The van der Waals surface area contributed by atoms with Gasteiger partial charge in [-0.15, -0.1) is 0 Å². The van der Waals surface area contributed by atoms with E-state index in [9.17, 15) is 13.2 Å². The summed E-state index contributed by atoms with van der Waals surface area (Å²) in [5.74, 6) is 0.876. The quantitative estimate of drug-likeness (QED) is 0.919. The molecule has 1 aromatic carbocycles. The summed E-state index contributed by atoms with van der Waals surface area (Å²) in [6, 6.07) is 2.68. The van der Waals surface area contributed by atoms with E-state index in [4.69, 9.17) is 9.47 Å². The fourth-order valence-corrected chi connectivity index (χ4v) is 1.99. The monoisotopic (exact) mass is 275 g/mol. The van der Waals surface area contributed by atoms with E-state index in [0.29, 0.717) is 24.7 Å². The van der Waals surface area contributed by atoms with Crippen LogP contribution in [0.15, 0.2) is 18.2 Å². The highest BCUT2D eigenvalue weighted by Crippen LogP contribution is 2.37. The highest BCUT2D eigenvalue weighted by atomic mass is 19.4. The topological polar surface area (TPSA) is 30.5 Å². The molecule has 6 heteroatoms. The largest absolute Gasteiger partial charge is 0.490 e. The van der Waals surface area contributed by atoms with Crippen molar-refractivity contribution in [2.24, 2.45) is 0 Å². The van der Waals surface area contributed by atoms with Gasteiger partial charge in [-0.3, -0.25) is 0 Å². The van der Waals surface area contributed by atoms with Crippen LogP contribution in [0.25, 0.3) is 0 Å². The SMILES string of the molecule is CCNC(c1ccc2c(c1)OCCCO2)C(F)(F)F. The molecule has 2 rings (SSSR count). The summed E-state index contributed by atoms with van der Waals surface area (Å²) >= 11 is 0. The average Bonchev–Trinajstić information content (AvgIpc) is 2.58. The first-order valence-electron chi connectivity index (χ1n) is 6.22. The molecule has 0 bridgehead atoms. The second kappa shape index (κ2) is 5.69. The normalized spacial score (nSPS) is 16.8. The van der Waals surface area contributed by atoms with Gasteiger partial charge >= 0.3 is 6.18 Å². The number of ether oxygens (including phenoxy) is 2. The summed E-state index contributed by atoms with van der Waals surface area (Å²) in [4.78, 5) is 0. The number of hydrogen-bond donors (Lipinski definition) is 1. The molecule has 1 atom stereocenters. The molecule has 19 heavy (non-hydrogen) atoms. The first-order valence-corrected chi connectivity index (χ1v) is 6.22. The zero-order chi connectivity index (χ0) is 13.9. The van der Waals surface area contributed by atoms with E-state index in [1.54, 1.807) is 6.92 Å². The van der Waals surface area contributed by atoms with Gasteiger partial charge in [-0.2, -0.15) is 13.2 Å². The van der Waals surface area contributed by atoms with Gasteiger partial charge in [-0.25, -0.2) is 0 Å². The minimum absolute atomic E-state index is 0.138. The highest BCUT2D eigenvalue weighted by molar-refractivity contribution is 5.44. The molecule has 0 aliphatic carbocycles. The van der Waals surface area contributed by atoms with Gasteiger partial charge in [0, 0.05) is 6.42 Å². The molecule has 1 aromatic rings. The van der Waals surface area contributed by atoms with Crippen LogP contribution in [0, 0.1) is 0 Å². The molecule has 0 amide bonds. The lowest BCUT2D eigenvalue weighted by Crippen LogP contribution is -2.34. The molecular weight excluding hydrogens is 259 g/mol. The van der Waals surface area contributed by atoms with Crippen molar-refractivity contribution in [1.82, 2.24) is 5.32 Å². The second-order valence-corrected chi connectivity index (χ2v) is 4.29. The van der Waals surface area contributed by atoms with Gasteiger partial charge in [0.2, 0.25) is 0 Å². The Balaban J connectivity index is 2.31. The maximum Gasteiger partial charge on any atom is 0.407 e. The minimum atomic E-state index is -4.34. The first kappa shape index (κ1) is 14.0. The molecule has 0 saturated carbocycles. The molecule has 1 aliphatic heterocycles. The van der Waals surface area contributed by atoms with Crippen molar-refractivity contribution < 1.29 is 22.6 Å². The maximum atomic E-state index is 13.0. The van der Waals surface area contributed by atoms with Crippen LogP contribution >= 0.6 is 0 Å². The van der Waals surface area contributed by atoms with Crippen molar-refractivity contribution in [2.45, 2.75) is 25.6 Å². The van der Waals surface area contributed by atoms with Gasteiger partial charge in [0.15, 0.2) is 11.5 Å². The smallest absolute Gasteiger partial charge is 0.407 e. The van der Waals surface area contributed by atoms with Crippen molar-refractivity contribution in [3.63, 3.8) is 0 Å². The summed E-state index contributed by atoms with van der Waals surface area (Å²) in [5.41, 5.74) is 0.138. The van der Waals surface area contributed by atoms with E-state index < -0.39 is 12.2 Å². The lowest BCUT2D eigenvalue weighted by molar-refractivity contribution is -0.157. The van der Waals surface area contributed by atoms with Crippen molar-refractivity contribution in [2.75, 3.05) is 19.8 Å². The van der Waals surface area contributed by atoms with Gasteiger partial charge in [0.05, 0.1) is 13.2 Å². The summed E-state index contributed by atoms with van der Waals surface area (Å²) < 4.78 is 49.7. The molecule has 0 saturated heterocycles. The minimum Gasteiger partial charge on any atom is -0.490 e. The Kier molecular flexibility index (Phi) is 4.19. The fourth-order valence-electron chi connectivity index (χ4n) is 1.99. The number of halogens is 3. The highest BCUT2D eigenvalue weighted by Gasteiger charge is 2.40. The average molecular weight is 275 g/mol. The van der Waals surface area contributed by atoms with Gasteiger partial charge in [0.25, 0.3) is 0 Å². The zero-order valence-electron chi connectivity index (χ0n) is 10.6. The van der Waals surface area contributed by atoms with Gasteiger partial charge in [-0.1, -0.05) is 13.0 Å². The number of fused-ring (bicyclic) bond motifs is 1. The number of benzene rings is 1. The third kappa shape index (κ3) is 3.32. The molecule has 0 radical (unpaired) electrons. The predicted molar refractivity (Wildman–Crippen MR) is 64.5 cm³/mol. The third-order valence-electron chi connectivity index (χ3n) is 2.84. The third-order valence-corrected chi connectivity index (χ3v) is 2.84. The number of alkyl halides is 3. The Morgan fingerprint density at radius 2 is 1.89 bits per heavy atom. The van der Waals surface area contributed by atoms with E-state index in [0.717, 1.165) is 6.42 Å². The van der Waals surface area contributed by atoms with Crippen LogP contribution in [-0.4, -0.2) is 25.9 Å². The van der Waals surface area contributed by atoms with Crippen LogP contribution < -0.4 is 14.8 Å². The number of hydrogen-bond acceptors (Lipinski definition) is 3. The van der Waals surface area contributed by atoms with E-state index in [1.165, 1.54) is 18.2 Å².